The van der Waals surface area contributed by atoms with E-state index in [4.69, 9.17) is 16.3 Å². The van der Waals surface area contributed by atoms with Crippen molar-refractivity contribution in [2.75, 3.05) is 6.61 Å². The summed E-state index contributed by atoms with van der Waals surface area (Å²) in [5.41, 5.74) is 6.57. The van der Waals surface area contributed by atoms with Crippen LogP contribution in [0.1, 0.15) is 31.3 Å². The topological polar surface area (TPSA) is 102 Å². The third kappa shape index (κ3) is 5.21. The van der Waals surface area contributed by atoms with Crippen molar-refractivity contribution in [2.24, 2.45) is 0 Å². The first-order valence-electron chi connectivity index (χ1n) is 9.94. The van der Waals surface area contributed by atoms with E-state index in [0.29, 0.717) is 22.0 Å². The Hall–Kier alpha value is -3.69. The number of nitrogens with zero attached hydrogens (tertiary/aromatic N) is 2. The lowest BCUT2D eigenvalue weighted by Gasteiger charge is -2.07. The van der Waals surface area contributed by atoms with Gasteiger partial charge in [0.25, 0.3) is 11.8 Å². The summed E-state index contributed by atoms with van der Waals surface area (Å²) >= 11 is 7.49. The van der Waals surface area contributed by atoms with Gasteiger partial charge in [-0.3, -0.25) is 25.1 Å². The van der Waals surface area contributed by atoms with E-state index in [0.717, 1.165) is 21.5 Å². The van der Waals surface area contributed by atoms with Crippen LogP contribution in [0, 0.1) is 6.92 Å². The van der Waals surface area contributed by atoms with Gasteiger partial charge in [0.1, 0.15) is 9.71 Å². The minimum atomic E-state index is -0.658. The zero-order valence-electron chi connectivity index (χ0n) is 17.5. The number of nitrogens with one attached hydrogen (secondary N) is 2. The number of halogens is 1. The molecule has 2 N–H and O–H groups in total. The Labute approximate surface area is 198 Å². The van der Waals surface area contributed by atoms with E-state index in [1.165, 1.54) is 11.3 Å². The van der Waals surface area contributed by atoms with Crippen LogP contribution in [0.15, 0.2) is 60.7 Å². The van der Waals surface area contributed by atoms with Gasteiger partial charge in [-0.15, -0.1) is 11.3 Å². The Morgan fingerprint density at radius 2 is 1.79 bits per heavy atom. The molecule has 2 aromatic carbocycles. The summed E-state index contributed by atoms with van der Waals surface area (Å²) in [6.45, 7) is 1.78. The number of hydrogen-bond acceptors (Lipinski definition) is 6. The maximum atomic E-state index is 12.5. The number of hydrazine groups is 1. The van der Waals surface area contributed by atoms with E-state index in [9.17, 15) is 14.4 Å². The van der Waals surface area contributed by atoms with E-state index < -0.39 is 24.4 Å². The summed E-state index contributed by atoms with van der Waals surface area (Å²) in [4.78, 5) is 37.5. The van der Waals surface area contributed by atoms with Crippen LogP contribution in [-0.2, 0) is 16.1 Å². The number of amides is 2. The smallest absolute Gasteiger partial charge is 0.348 e. The third-order valence-corrected chi connectivity index (χ3v) is 6.27. The molecule has 2 aromatic heterocycles. The molecule has 0 aliphatic carbocycles. The summed E-state index contributed by atoms with van der Waals surface area (Å²) in [5, 5.41) is 6.01. The van der Waals surface area contributed by atoms with Crippen molar-refractivity contribution in [2.45, 2.75) is 13.5 Å². The molecule has 2 heterocycles. The molecule has 0 atom stereocenters. The van der Waals surface area contributed by atoms with Crippen LogP contribution < -0.4 is 10.9 Å². The second-order valence-electron chi connectivity index (χ2n) is 7.11. The number of fused-ring (bicyclic) bond motifs is 1. The van der Waals surface area contributed by atoms with Gasteiger partial charge in [-0.2, -0.15) is 5.10 Å². The summed E-state index contributed by atoms with van der Waals surface area (Å²) in [6.07, 6.45) is 0. The number of hydrogen-bond donors (Lipinski definition) is 2. The normalized spacial score (nSPS) is 10.7. The molecule has 2 amide bonds. The van der Waals surface area contributed by atoms with Gasteiger partial charge in [0, 0.05) is 16.0 Å². The molecule has 33 heavy (non-hydrogen) atoms. The highest BCUT2D eigenvalue weighted by atomic mass is 35.5. The van der Waals surface area contributed by atoms with Crippen molar-refractivity contribution in [3.63, 3.8) is 0 Å². The lowest BCUT2D eigenvalue weighted by Crippen LogP contribution is -2.43. The van der Waals surface area contributed by atoms with Crippen LogP contribution in [-0.4, -0.2) is 34.2 Å². The highest BCUT2D eigenvalue weighted by Crippen LogP contribution is 2.30. The lowest BCUT2D eigenvalue weighted by atomic mass is 10.2. The van der Waals surface area contributed by atoms with Crippen LogP contribution in [0.4, 0.5) is 0 Å². The molecule has 0 saturated heterocycles. The van der Waals surface area contributed by atoms with Gasteiger partial charge >= 0.3 is 5.97 Å². The largest absolute Gasteiger partial charge is 0.451 e. The fourth-order valence-electron chi connectivity index (χ4n) is 3.13. The molecule has 0 spiro atoms. The average Bonchev–Trinajstić information content (AvgIpc) is 3.39. The molecule has 168 valence electrons. The average molecular weight is 483 g/mol. The van der Waals surface area contributed by atoms with Crippen LogP contribution in [0.2, 0.25) is 5.02 Å². The standard InChI is InChI=1S/C23H19ClN4O4S/c1-14-17-11-19(33-22(17)28(27-14)12-16-9-5-6-10-18(16)24)23(31)32-13-20(29)25-26-21(30)15-7-3-2-4-8-15/h2-11H,12-13H2,1H3,(H,25,29)(H,26,30). The molecule has 8 nitrogen and oxygen atoms in total. The number of aryl methyl sites for hydroxylation is 1. The van der Waals surface area contributed by atoms with Crippen LogP contribution in [0.5, 0.6) is 0 Å². The molecule has 10 heteroatoms. The second kappa shape index (κ2) is 9.85. The van der Waals surface area contributed by atoms with E-state index in [-0.39, 0.29) is 0 Å². The highest BCUT2D eigenvalue weighted by Gasteiger charge is 2.19. The molecule has 4 rings (SSSR count). The Kier molecular flexibility index (Phi) is 6.71. The molecule has 0 aliphatic rings. The maximum absolute atomic E-state index is 12.5. The number of ether oxygens (including phenoxy) is 1. The lowest BCUT2D eigenvalue weighted by molar-refractivity contribution is -0.125. The number of thiophene rings is 1. The number of carbonyl (C=O) groups excluding carboxylic acids is 3. The Balaban J connectivity index is 1.37. The molecule has 0 fully saturated rings. The zero-order valence-corrected chi connectivity index (χ0v) is 19.1. The molecular weight excluding hydrogens is 464 g/mol. The summed E-state index contributed by atoms with van der Waals surface area (Å²) < 4.78 is 6.89. The first kappa shape index (κ1) is 22.5. The van der Waals surface area contributed by atoms with E-state index in [1.54, 1.807) is 41.1 Å². The number of aromatic nitrogens is 2. The summed E-state index contributed by atoms with van der Waals surface area (Å²) in [6, 6.07) is 17.6. The minimum Gasteiger partial charge on any atom is -0.451 e. The van der Waals surface area contributed by atoms with Gasteiger partial charge < -0.3 is 4.74 Å². The molecular formula is C23H19ClN4O4S. The van der Waals surface area contributed by atoms with E-state index >= 15 is 0 Å². The van der Waals surface area contributed by atoms with Crippen molar-refractivity contribution < 1.29 is 19.1 Å². The Bertz CT molecular complexity index is 1330. The fourth-order valence-corrected chi connectivity index (χ4v) is 4.39. The predicted molar refractivity (Wildman–Crippen MR) is 125 cm³/mol. The van der Waals surface area contributed by atoms with Crippen LogP contribution in [0.25, 0.3) is 10.2 Å². The first-order valence-corrected chi connectivity index (χ1v) is 11.1. The van der Waals surface area contributed by atoms with Crippen molar-refractivity contribution in [1.29, 1.82) is 0 Å². The monoisotopic (exact) mass is 482 g/mol. The van der Waals surface area contributed by atoms with Crippen molar-refractivity contribution in [1.82, 2.24) is 20.6 Å². The number of carbonyl (C=O) groups is 3. The van der Waals surface area contributed by atoms with Crippen LogP contribution in [0.3, 0.4) is 0 Å². The van der Waals surface area contributed by atoms with Crippen molar-refractivity contribution >= 4 is 50.9 Å². The van der Waals surface area contributed by atoms with Crippen molar-refractivity contribution in [3.8, 4) is 0 Å². The SMILES string of the molecule is Cc1nn(Cc2ccccc2Cl)c2sc(C(=O)OCC(=O)NNC(=O)c3ccccc3)cc12. The van der Waals surface area contributed by atoms with Gasteiger partial charge in [-0.25, -0.2) is 4.79 Å². The minimum absolute atomic E-state index is 0.347. The Morgan fingerprint density at radius 1 is 1.06 bits per heavy atom. The third-order valence-electron chi connectivity index (χ3n) is 4.77. The highest BCUT2D eigenvalue weighted by molar-refractivity contribution is 7.20. The maximum Gasteiger partial charge on any atom is 0.348 e. The van der Waals surface area contributed by atoms with Gasteiger partial charge in [0.05, 0.1) is 12.2 Å². The summed E-state index contributed by atoms with van der Waals surface area (Å²) in [5.74, 6) is -1.77. The van der Waals surface area contributed by atoms with Crippen LogP contribution >= 0.6 is 22.9 Å². The number of esters is 1. The van der Waals surface area contributed by atoms with Gasteiger partial charge in [0.2, 0.25) is 0 Å². The molecule has 4 aromatic rings. The molecule has 0 bridgehead atoms. The molecule has 0 saturated carbocycles. The number of benzene rings is 2. The summed E-state index contributed by atoms with van der Waals surface area (Å²) in [7, 11) is 0. The fraction of sp³-hybridized carbons (Fsp3) is 0.130. The van der Waals surface area contributed by atoms with Gasteiger partial charge in [-0.05, 0) is 36.8 Å². The van der Waals surface area contributed by atoms with E-state index in [2.05, 4.69) is 16.0 Å². The quantitative estimate of drug-likeness (QED) is 0.322. The Morgan fingerprint density at radius 3 is 2.55 bits per heavy atom. The molecule has 0 aliphatic heterocycles. The first-order chi connectivity index (χ1) is 15.9. The van der Waals surface area contributed by atoms with Gasteiger partial charge in [0.15, 0.2) is 6.61 Å². The van der Waals surface area contributed by atoms with Gasteiger partial charge in [-0.1, -0.05) is 48.0 Å². The zero-order chi connectivity index (χ0) is 23.4. The molecule has 0 radical (unpaired) electrons. The van der Waals surface area contributed by atoms with Crippen molar-refractivity contribution in [3.05, 3.63) is 87.4 Å². The predicted octanol–water partition coefficient (Wildman–Crippen LogP) is 3.73. The second-order valence-corrected chi connectivity index (χ2v) is 8.55. The van der Waals surface area contributed by atoms with E-state index in [1.807, 2.05) is 31.2 Å². The molecule has 0 unspecified atom stereocenters. The number of rotatable bonds is 6.